The van der Waals surface area contributed by atoms with Crippen LogP contribution in [0.1, 0.15) is 27.0 Å². The molecule has 33 heavy (non-hydrogen) atoms. The second-order valence-corrected chi connectivity index (χ2v) is 7.93. The Morgan fingerprint density at radius 2 is 1.39 bits per heavy atom. The zero-order valence-corrected chi connectivity index (χ0v) is 17.3. The largest absolute Gasteiger partial charge is 0.478 e. The molecule has 1 aromatic heterocycles. The molecule has 0 amide bonds. The Morgan fingerprint density at radius 3 is 2.03 bits per heavy atom. The number of carboxylic acid groups (broad SMARTS) is 1. The number of benzene rings is 4. The van der Waals surface area contributed by atoms with Gasteiger partial charge in [0.2, 0.25) is 0 Å². The number of rotatable bonds is 4. The molecule has 6 heteroatoms. The third-order valence-corrected chi connectivity index (χ3v) is 5.78. The van der Waals surface area contributed by atoms with Gasteiger partial charge in [-0.2, -0.15) is 13.2 Å². The molecule has 1 N–H and O–H groups in total. The van der Waals surface area contributed by atoms with E-state index in [0.29, 0.717) is 12.1 Å². The minimum atomic E-state index is -4.41. The lowest BCUT2D eigenvalue weighted by atomic mass is 10.0. The highest BCUT2D eigenvalue weighted by Crippen LogP contribution is 2.35. The van der Waals surface area contributed by atoms with E-state index in [9.17, 15) is 23.1 Å². The van der Waals surface area contributed by atoms with Gasteiger partial charge in [0.15, 0.2) is 0 Å². The molecule has 0 spiro atoms. The molecule has 3 nitrogen and oxygen atoms in total. The fourth-order valence-corrected chi connectivity index (χ4v) is 4.22. The van der Waals surface area contributed by atoms with E-state index in [1.807, 2.05) is 53.1 Å². The van der Waals surface area contributed by atoms with E-state index in [1.54, 1.807) is 12.1 Å². The van der Waals surface area contributed by atoms with E-state index < -0.39 is 17.7 Å². The van der Waals surface area contributed by atoms with Crippen molar-refractivity contribution < 1.29 is 23.1 Å². The zero-order chi connectivity index (χ0) is 23.2. The molecule has 5 aromatic rings. The van der Waals surface area contributed by atoms with Crippen molar-refractivity contribution in [1.29, 1.82) is 0 Å². The smallest absolute Gasteiger partial charge is 0.416 e. The van der Waals surface area contributed by atoms with Crippen LogP contribution < -0.4 is 0 Å². The van der Waals surface area contributed by atoms with Crippen molar-refractivity contribution in [1.82, 2.24) is 4.57 Å². The monoisotopic (exact) mass is 445 g/mol. The maximum absolute atomic E-state index is 13.0. The lowest BCUT2D eigenvalue weighted by Gasteiger charge is -2.11. The summed E-state index contributed by atoms with van der Waals surface area (Å²) in [7, 11) is 0. The highest BCUT2D eigenvalue weighted by molar-refractivity contribution is 6.11. The minimum Gasteiger partial charge on any atom is -0.478 e. The molecule has 5 rings (SSSR count). The van der Waals surface area contributed by atoms with Crippen LogP contribution in [0.25, 0.3) is 27.5 Å². The van der Waals surface area contributed by atoms with Crippen LogP contribution in [0.5, 0.6) is 0 Å². The van der Waals surface area contributed by atoms with Gasteiger partial charge in [-0.3, -0.25) is 0 Å². The third kappa shape index (κ3) is 3.84. The van der Waals surface area contributed by atoms with Gasteiger partial charge in [-0.25, -0.2) is 4.79 Å². The quantitative estimate of drug-likeness (QED) is 0.321. The van der Waals surface area contributed by atoms with E-state index >= 15 is 0 Å². The molecule has 0 unspecified atom stereocenters. The molecule has 4 aromatic carbocycles. The fourth-order valence-electron chi connectivity index (χ4n) is 4.22. The van der Waals surface area contributed by atoms with Gasteiger partial charge in [0.05, 0.1) is 22.2 Å². The lowest BCUT2D eigenvalue weighted by Crippen LogP contribution is -2.05. The first-order valence-corrected chi connectivity index (χ1v) is 10.3. The van der Waals surface area contributed by atoms with E-state index in [0.717, 1.165) is 45.1 Å². The van der Waals surface area contributed by atoms with Crippen LogP contribution >= 0.6 is 0 Å². The third-order valence-electron chi connectivity index (χ3n) is 5.78. The van der Waals surface area contributed by atoms with Crippen LogP contribution in [0.15, 0.2) is 91.0 Å². The van der Waals surface area contributed by atoms with Crippen LogP contribution in [0.4, 0.5) is 13.2 Å². The molecule has 0 aliphatic carbocycles. The van der Waals surface area contributed by atoms with E-state index in [1.165, 1.54) is 18.2 Å². The Morgan fingerprint density at radius 1 is 0.758 bits per heavy atom. The first-order valence-electron chi connectivity index (χ1n) is 10.3. The lowest BCUT2D eigenvalue weighted by molar-refractivity contribution is -0.137. The maximum Gasteiger partial charge on any atom is 0.416 e. The summed E-state index contributed by atoms with van der Waals surface area (Å²) in [5, 5.41) is 11.1. The molecule has 0 bridgehead atoms. The van der Waals surface area contributed by atoms with Crippen molar-refractivity contribution in [3.8, 4) is 5.69 Å². The van der Waals surface area contributed by atoms with Crippen molar-refractivity contribution in [3.63, 3.8) is 0 Å². The van der Waals surface area contributed by atoms with Gasteiger partial charge in [-0.05, 0) is 72.1 Å². The SMILES string of the molecule is O=C(O)c1ccc2c(c1)c1cc(Cc3ccccc3)ccc1n2-c1ccc(C(F)(F)F)cc1. The van der Waals surface area contributed by atoms with Gasteiger partial charge in [-0.1, -0.05) is 36.4 Å². The van der Waals surface area contributed by atoms with Gasteiger partial charge in [0, 0.05) is 16.5 Å². The molecular weight excluding hydrogens is 427 g/mol. The zero-order valence-electron chi connectivity index (χ0n) is 17.3. The number of halogens is 3. The van der Waals surface area contributed by atoms with Gasteiger partial charge < -0.3 is 9.67 Å². The molecule has 0 aliphatic heterocycles. The maximum atomic E-state index is 13.0. The predicted molar refractivity (Wildman–Crippen MR) is 122 cm³/mol. The number of nitrogens with zero attached hydrogens (tertiary/aromatic N) is 1. The number of hydrogen-bond acceptors (Lipinski definition) is 1. The highest BCUT2D eigenvalue weighted by atomic mass is 19.4. The molecule has 0 atom stereocenters. The summed E-state index contributed by atoms with van der Waals surface area (Å²) < 4.78 is 41.0. The van der Waals surface area contributed by atoms with Gasteiger partial charge in [0.1, 0.15) is 0 Å². The van der Waals surface area contributed by atoms with Gasteiger partial charge in [-0.15, -0.1) is 0 Å². The Balaban J connectivity index is 1.72. The first kappa shape index (κ1) is 20.8. The van der Waals surface area contributed by atoms with Crippen LogP contribution in [0, 0.1) is 0 Å². The summed E-state index contributed by atoms with van der Waals surface area (Å²) in [6.45, 7) is 0. The highest BCUT2D eigenvalue weighted by Gasteiger charge is 2.30. The van der Waals surface area contributed by atoms with Crippen molar-refractivity contribution in [2.75, 3.05) is 0 Å². The number of aromatic nitrogens is 1. The molecule has 0 fully saturated rings. The molecule has 0 aliphatic rings. The van der Waals surface area contributed by atoms with Crippen LogP contribution in [0.3, 0.4) is 0 Å². The first-order chi connectivity index (χ1) is 15.8. The molecule has 0 saturated carbocycles. The molecule has 0 saturated heterocycles. The number of alkyl halides is 3. The summed E-state index contributed by atoms with van der Waals surface area (Å²) in [6.07, 6.45) is -3.70. The van der Waals surface area contributed by atoms with E-state index in [2.05, 4.69) is 0 Å². The average molecular weight is 445 g/mol. The molecule has 164 valence electrons. The minimum absolute atomic E-state index is 0.155. The number of aromatic carboxylic acids is 1. The molecular formula is C27H18F3NO2. The van der Waals surface area contributed by atoms with Crippen LogP contribution in [0.2, 0.25) is 0 Å². The number of hydrogen-bond donors (Lipinski definition) is 1. The Kier molecular flexibility index (Phi) is 4.93. The van der Waals surface area contributed by atoms with Crippen molar-refractivity contribution in [3.05, 3.63) is 113 Å². The summed E-state index contributed by atoms with van der Waals surface area (Å²) in [6, 6.07) is 25.8. The summed E-state index contributed by atoms with van der Waals surface area (Å²) in [4.78, 5) is 11.6. The Hall–Kier alpha value is -4.06. The standard InChI is InChI=1S/C27H18F3NO2/c28-27(29,30)20-8-10-21(11-9-20)31-24-12-6-18(14-17-4-2-1-3-5-17)15-22(24)23-16-19(26(32)33)7-13-25(23)31/h1-13,15-16H,14H2,(H,32,33). The topological polar surface area (TPSA) is 42.2 Å². The summed E-state index contributed by atoms with van der Waals surface area (Å²) in [5.74, 6) is -1.03. The Bertz CT molecular complexity index is 1480. The molecule has 0 radical (unpaired) electrons. The predicted octanol–water partition coefficient (Wildman–Crippen LogP) is 7.09. The Labute approximate surface area is 187 Å². The second-order valence-electron chi connectivity index (χ2n) is 7.93. The van der Waals surface area contributed by atoms with E-state index in [-0.39, 0.29) is 5.56 Å². The van der Waals surface area contributed by atoms with Crippen LogP contribution in [-0.4, -0.2) is 15.6 Å². The van der Waals surface area contributed by atoms with Gasteiger partial charge in [0.25, 0.3) is 0 Å². The van der Waals surface area contributed by atoms with Crippen molar-refractivity contribution in [2.24, 2.45) is 0 Å². The normalized spacial score (nSPS) is 11.8. The second kappa shape index (κ2) is 7.81. The van der Waals surface area contributed by atoms with Crippen molar-refractivity contribution in [2.45, 2.75) is 12.6 Å². The number of fused-ring (bicyclic) bond motifs is 3. The number of carbonyl (C=O) groups is 1. The number of carboxylic acids is 1. The summed E-state index contributed by atoms with van der Waals surface area (Å²) >= 11 is 0. The van der Waals surface area contributed by atoms with Crippen molar-refractivity contribution >= 4 is 27.8 Å². The fraction of sp³-hybridized carbons (Fsp3) is 0.0741. The van der Waals surface area contributed by atoms with Crippen LogP contribution in [-0.2, 0) is 12.6 Å². The average Bonchev–Trinajstić information content (AvgIpc) is 3.12. The van der Waals surface area contributed by atoms with Gasteiger partial charge >= 0.3 is 12.1 Å². The van der Waals surface area contributed by atoms with E-state index in [4.69, 9.17) is 0 Å². The molecule has 1 heterocycles. The summed E-state index contributed by atoms with van der Waals surface area (Å²) in [5.41, 5.74) is 3.74.